The standard InChI is InChI=1S/C19H26N2O2S/c1-21(2)13-17(22)14-23-18-8-6-16(7-9-18)20-12-15-4-10-19(24-3)11-5-15/h4-11,17,20,22H,12-14H2,1-3H3. The molecule has 1 atom stereocenters. The first kappa shape index (κ1) is 18.6. The second kappa shape index (κ2) is 9.57. The summed E-state index contributed by atoms with van der Waals surface area (Å²) in [6.45, 7) is 1.68. The van der Waals surface area contributed by atoms with Crippen LogP contribution in [0.25, 0.3) is 0 Å². The molecule has 0 fully saturated rings. The maximum atomic E-state index is 9.80. The predicted octanol–water partition coefficient (Wildman–Crippen LogP) is 3.32. The number of likely N-dealkylation sites (N-methyl/N-ethyl adjacent to an activating group) is 1. The number of nitrogens with zero attached hydrogens (tertiary/aromatic N) is 1. The Bertz CT molecular complexity index is 600. The van der Waals surface area contributed by atoms with Gasteiger partial charge in [-0.2, -0.15) is 0 Å². The van der Waals surface area contributed by atoms with E-state index < -0.39 is 6.10 Å². The molecule has 0 radical (unpaired) electrons. The van der Waals surface area contributed by atoms with Crippen LogP contribution in [0.3, 0.4) is 0 Å². The summed E-state index contributed by atoms with van der Waals surface area (Å²) in [5.74, 6) is 0.766. The molecule has 0 amide bonds. The van der Waals surface area contributed by atoms with Crippen LogP contribution < -0.4 is 10.1 Å². The van der Waals surface area contributed by atoms with E-state index in [1.54, 1.807) is 11.8 Å². The molecular weight excluding hydrogens is 320 g/mol. The SMILES string of the molecule is CSc1ccc(CNc2ccc(OCC(O)CN(C)C)cc2)cc1. The highest BCUT2D eigenvalue weighted by molar-refractivity contribution is 7.98. The monoisotopic (exact) mass is 346 g/mol. The highest BCUT2D eigenvalue weighted by Crippen LogP contribution is 2.18. The Balaban J connectivity index is 1.78. The summed E-state index contributed by atoms with van der Waals surface area (Å²) in [5, 5.41) is 13.2. The fourth-order valence-electron chi connectivity index (χ4n) is 2.28. The lowest BCUT2D eigenvalue weighted by Crippen LogP contribution is -2.30. The summed E-state index contributed by atoms with van der Waals surface area (Å²) < 4.78 is 5.61. The smallest absolute Gasteiger partial charge is 0.119 e. The van der Waals surface area contributed by atoms with Crippen molar-refractivity contribution in [1.29, 1.82) is 0 Å². The molecule has 0 spiro atoms. The molecular formula is C19H26N2O2S. The van der Waals surface area contributed by atoms with Crippen molar-refractivity contribution in [3.05, 3.63) is 54.1 Å². The Morgan fingerprint density at radius 1 is 1.08 bits per heavy atom. The molecule has 2 rings (SSSR count). The summed E-state index contributed by atoms with van der Waals surface area (Å²) >= 11 is 1.75. The van der Waals surface area contributed by atoms with E-state index in [2.05, 4.69) is 35.8 Å². The minimum atomic E-state index is -0.484. The van der Waals surface area contributed by atoms with Crippen LogP contribution in [0.5, 0.6) is 5.75 Å². The quantitative estimate of drug-likeness (QED) is 0.682. The van der Waals surface area contributed by atoms with Crippen LogP contribution in [-0.2, 0) is 6.54 Å². The van der Waals surface area contributed by atoms with Crippen LogP contribution in [0.2, 0.25) is 0 Å². The third-order valence-corrected chi connectivity index (χ3v) is 4.27. The maximum absolute atomic E-state index is 9.80. The van der Waals surface area contributed by atoms with Crippen LogP contribution in [0.4, 0.5) is 5.69 Å². The summed E-state index contributed by atoms with van der Waals surface area (Å²) in [4.78, 5) is 3.21. The number of benzene rings is 2. The fourth-order valence-corrected chi connectivity index (χ4v) is 2.69. The molecule has 2 N–H and O–H groups in total. The first-order valence-corrected chi connectivity index (χ1v) is 9.22. The number of anilines is 1. The lowest BCUT2D eigenvalue weighted by atomic mass is 10.2. The van der Waals surface area contributed by atoms with Gasteiger partial charge in [-0.3, -0.25) is 0 Å². The lowest BCUT2D eigenvalue weighted by Gasteiger charge is -2.16. The van der Waals surface area contributed by atoms with Crippen molar-refractivity contribution < 1.29 is 9.84 Å². The number of aliphatic hydroxyl groups excluding tert-OH is 1. The van der Waals surface area contributed by atoms with Gasteiger partial charge in [0.05, 0.1) is 0 Å². The first-order valence-electron chi connectivity index (χ1n) is 7.99. The van der Waals surface area contributed by atoms with E-state index in [1.165, 1.54) is 10.5 Å². The first-order chi connectivity index (χ1) is 11.6. The molecule has 4 nitrogen and oxygen atoms in total. The lowest BCUT2D eigenvalue weighted by molar-refractivity contribution is 0.0831. The van der Waals surface area contributed by atoms with Crippen LogP contribution in [0.1, 0.15) is 5.56 Å². The second-order valence-corrected chi connectivity index (χ2v) is 6.83. The minimum absolute atomic E-state index is 0.298. The van der Waals surface area contributed by atoms with Crippen LogP contribution in [0.15, 0.2) is 53.4 Å². The van der Waals surface area contributed by atoms with Crippen molar-refractivity contribution in [3.63, 3.8) is 0 Å². The third-order valence-electron chi connectivity index (χ3n) is 3.53. The second-order valence-electron chi connectivity index (χ2n) is 5.95. The number of nitrogens with one attached hydrogen (secondary N) is 1. The molecule has 0 bridgehead atoms. The van der Waals surface area contributed by atoms with Crippen molar-refractivity contribution in [3.8, 4) is 5.75 Å². The normalized spacial score (nSPS) is 12.2. The predicted molar refractivity (Wildman–Crippen MR) is 102 cm³/mol. The molecule has 1 unspecified atom stereocenters. The van der Waals surface area contributed by atoms with E-state index in [-0.39, 0.29) is 0 Å². The molecule has 0 aromatic heterocycles. The van der Waals surface area contributed by atoms with E-state index in [4.69, 9.17) is 4.74 Å². The Morgan fingerprint density at radius 2 is 1.75 bits per heavy atom. The van der Waals surface area contributed by atoms with Gasteiger partial charge in [0.1, 0.15) is 18.5 Å². The van der Waals surface area contributed by atoms with Gasteiger partial charge in [0, 0.05) is 23.7 Å². The zero-order valence-electron chi connectivity index (χ0n) is 14.5. The van der Waals surface area contributed by atoms with Gasteiger partial charge >= 0.3 is 0 Å². The van der Waals surface area contributed by atoms with E-state index in [1.807, 2.05) is 43.3 Å². The number of rotatable bonds is 9. The van der Waals surface area contributed by atoms with Crippen LogP contribution in [0, 0.1) is 0 Å². The largest absolute Gasteiger partial charge is 0.491 e. The summed E-state index contributed by atoms with van der Waals surface area (Å²) in [6, 6.07) is 16.4. The highest BCUT2D eigenvalue weighted by Gasteiger charge is 2.06. The van der Waals surface area contributed by atoms with Gasteiger partial charge in [-0.25, -0.2) is 0 Å². The van der Waals surface area contributed by atoms with Crippen molar-refractivity contribution in [2.75, 3.05) is 38.8 Å². The van der Waals surface area contributed by atoms with Crippen molar-refractivity contribution in [2.45, 2.75) is 17.5 Å². The molecule has 0 aliphatic heterocycles. The zero-order valence-corrected chi connectivity index (χ0v) is 15.3. The zero-order chi connectivity index (χ0) is 17.4. The molecule has 0 heterocycles. The van der Waals surface area contributed by atoms with Crippen molar-refractivity contribution >= 4 is 17.4 Å². The number of hydrogen-bond donors (Lipinski definition) is 2. The van der Waals surface area contributed by atoms with E-state index in [0.29, 0.717) is 13.2 Å². The van der Waals surface area contributed by atoms with E-state index in [0.717, 1.165) is 18.0 Å². The van der Waals surface area contributed by atoms with Gasteiger partial charge in [0.25, 0.3) is 0 Å². The summed E-state index contributed by atoms with van der Waals surface area (Å²) in [5.41, 5.74) is 2.30. The number of aliphatic hydroxyl groups is 1. The van der Waals surface area contributed by atoms with Gasteiger partial charge in [-0.15, -0.1) is 11.8 Å². The Kier molecular flexibility index (Phi) is 7.43. The van der Waals surface area contributed by atoms with Crippen LogP contribution >= 0.6 is 11.8 Å². The van der Waals surface area contributed by atoms with E-state index >= 15 is 0 Å². The highest BCUT2D eigenvalue weighted by atomic mass is 32.2. The molecule has 0 aliphatic carbocycles. The van der Waals surface area contributed by atoms with Crippen molar-refractivity contribution in [1.82, 2.24) is 4.90 Å². The van der Waals surface area contributed by atoms with Crippen LogP contribution in [-0.4, -0.2) is 49.6 Å². The van der Waals surface area contributed by atoms with Crippen molar-refractivity contribution in [2.24, 2.45) is 0 Å². The average molecular weight is 346 g/mol. The number of thioether (sulfide) groups is 1. The summed E-state index contributed by atoms with van der Waals surface area (Å²) in [7, 11) is 3.86. The maximum Gasteiger partial charge on any atom is 0.119 e. The van der Waals surface area contributed by atoms with E-state index in [9.17, 15) is 5.11 Å². The average Bonchev–Trinajstić information content (AvgIpc) is 2.59. The topological polar surface area (TPSA) is 44.7 Å². The molecule has 0 saturated heterocycles. The molecule has 130 valence electrons. The van der Waals surface area contributed by atoms with Gasteiger partial charge < -0.3 is 20.1 Å². The molecule has 2 aromatic rings. The molecule has 2 aromatic carbocycles. The van der Waals surface area contributed by atoms with Gasteiger partial charge in [-0.05, 0) is 62.3 Å². The Morgan fingerprint density at radius 3 is 2.33 bits per heavy atom. The third kappa shape index (κ3) is 6.43. The minimum Gasteiger partial charge on any atom is -0.491 e. The van der Waals surface area contributed by atoms with Gasteiger partial charge in [-0.1, -0.05) is 12.1 Å². The van der Waals surface area contributed by atoms with Gasteiger partial charge in [0.15, 0.2) is 0 Å². The molecule has 0 aliphatic rings. The summed E-state index contributed by atoms with van der Waals surface area (Å²) in [6.07, 6.45) is 1.60. The molecule has 0 saturated carbocycles. The van der Waals surface area contributed by atoms with Gasteiger partial charge in [0.2, 0.25) is 0 Å². The number of hydrogen-bond acceptors (Lipinski definition) is 5. The molecule has 24 heavy (non-hydrogen) atoms. The molecule has 5 heteroatoms. The Labute approximate surface area is 148 Å². The Hall–Kier alpha value is -1.69. The fraction of sp³-hybridized carbons (Fsp3) is 0.368. The number of ether oxygens (including phenoxy) is 1.